The van der Waals surface area contributed by atoms with E-state index in [-0.39, 0.29) is 12.5 Å². The van der Waals surface area contributed by atoms with Gasteiger partial charge < -0.3 is 13.9 Å². The molecule has 2 aromatic carbocycles. The fraction of sp³-hybridized carbons (Fsp3) is 0.100. The van der Waals surface area contributed by atoms with Gasteiger partial charge in [-0.2, -0.15) is 5.10 Å². The fourth-order valence-corrected chi connectivity index (χ4v) is 2.93. The SMILES string of the molecule is O=C(N/N=C\c1ccc(-c2ccc(I)cc2)o1)[C@@H]1COc2ccccc2O1. The Morgan fingerprint density at radius 1 is 1.07 bits per heavy atom. The second-order valence-corrected chi connectivity index (χ2v) is 7.05. The summed E-state index contributed by atoms with van der Waals surface area (Å²) < 4.78 is 18.0. The van der Waals surface area contributed by atoms with E-state index in [4.69, 9.17) is 13.9 Å². The molecule has 1 aliphatic heterocycles. The number of amides is 1. The van der Waals surface area contributed by atoms with Crippen LogP contribution in [0.15, 0.2) is 70.2 Å². The molecule has 0 unspecified atom stereocenters. The zero-order chi connectivity index (χ0) is 18.6. The van der Waals surface area contributed by atoms with Gasteiger partial charge in [0.25, 0.3) is 5.91 Å². The topological polar surface area (TPSA) is 73.1 Å². The van der Waals surface area contributed by atoms with Crippen LogP contribution in [-0.4, -0.2) is 24.8 Å². The van der Waals surface area contributed by atoms with E-state index >= 15 is 0 Å². The van der Waals surface area contributed by atoms with E-state index in [9.17, 15) is 4.79 Å². The minimum Gasteiger partial charge on any atom is -0.485 e. The molecule has 1 amide bonds. The van der Waals surface area contributed by atoms with Crippen molar-refractivity contribution in [3.63, 3.8) is 0 Å². The molecule has 0 saturated carbocycles. The van der Waals surface area contributed by atoms with Gasteiger partial charge in [-0.3, -0.25) is 4.79 Å². The molecule has 0 aliphatic carbocycles. The summed E-state index contributed by atoms with van der Waals surface area (Å²) in [6.45, 7) is 0.135. The quantitative estimate of drug-likeness (QED) is 0.355. The largest absolute Gasteiger partial charge is 0.485 e. The predicted molar refractivity (Wildman–Crippen MR) is 109 cm³/mol. The van der Waals surface area contributed by atoms with Crippen LogP contribution in [0.1, 0.15) is 5.76 Å². The lowest BCUT2D eigenvalue weighted by atomic mass is 10.2. The van der Waals surface area contributed by atoms with Crippen molar-refractivity contribution >= 4 is 34.7 Å². The number of fused-ring (bicyclic) bond motifs is 1. The third-order valence-electron chi connectivity index (χ3n) is 3.92. The number of rotatable bonds is 4. The first-order valence-corrected chi connectivity index (χ1v) is 9.34. The number of ether oxygens (including phenoxy) is 2. The number of furan rings is 1. The number of hydrazone groups is 1. The summed E-state index contributed by atoms with van der Waals surface area (Å²) in [7, 11) is 0. The molecule has 3 aromatic rings. The molecule has 0 fully saturated rings. The molecule has 1 N–H and O–H groups in total. The molecule has 0 radical (unpaired) electrons. The van der Waals surface area contributed by atoms with Gasteiger partial charge in [-0.15, -0.1) is 0 Å². The van der Waals surface area contributed by atoms with Gasteiger partial charge in [0.05, 0.1) is 6.21 Å². The highest BCUT2D eigenvalue weighted by Crippen LogP contribution is 2.30. The van der Waals surface area contributed by atoms with Crippen LogP contribution < -0.4 is 14.9 Å². The van der Waals surface area contributed by atoms with Crippen molar-refractivity contribution in [2.75, 3.05) is 6.61 Å². The Labute approximate surface area is 169 Å². The van der Waals surface area contributed by atoms with Gasteiger partial charge in [0.1, 0.15) is 18.1 Å². The first-order valence-electron chi connectivity index (χ1n) is 8.26. The summed E-state index contributed by atoms with van der Waals surface area (Å²) >= 11 is 2.25. The van der Waals surface area contributed by atoms with Crippen molar-refractivity contribution in [2.24, 2.45) is 5.10 Å². The first kappa shape index (κ1) is 17.6. The standard InChI is InChI=1S/C20H15IN2O4/c21-14-7-5-13(6-8-14)16-10-9-15(26-16)11-22-23-20(24)19-12-25-17-3-1-2-4-18(17)27-19/h1-11,19H,12H2,(H,23,24)/b22-11-/t19-/m0/s1. The van der Waals surface area contributed by atoms with Crippen LogP contribution in [0, 0.1) is 3.57 Å². The maximum absolute atomic E-state index is 12.2. The normalized spacial score (nSPS) is 15.7. The zero-order valence-corrected chi connectivity index (χ0v) is 16.3. The Morgan fingerprint density at radius 2 is 1.85 bits per heavy atom. The number of halogens is 1. The number of carbonyl (C=O) groups is 1. The second kappa shape index (κ2) is 7.83. The number of hydrogen-bond acceptors (Lipinski definition) is 5. The highest BCUT2D eigenvalue weighted by molar-refractivity contribution is 14.1. The van der Waals surface area contributed by atoms with Gasteiger partial charge in [-0.25, -0.2) is 5.43 Å². The molecular formula is C20H15IN2O4. The van der Waals surface area contributed by atoms with Crippen molar-refractivity contribution in [1.82, 2.24) is 5.43 Å². The minimum atomic E-state index is -0.754. The first-order chi connectivity index (χ1) is 13.2. The molecule has 2 heterocycles. The van der Waals surface area contributed by atoms with Crippen molar-refractivity contribution in [1.29, 1.82) is 0 Å². The van der Waals surface area contributed by atoms with Crippen LogP contribution >= 0.6 is 22.6 Å². The lowest BCUT2D eigenvalue weighted by molar-refractivity contribution is -0.130. The van der Waals surface area contributed by atoms with Crippen molar-refractivity contribution in [3.8, 4) is 22.8 Å². The summed E-state index contributed by atoms with van der Waals surface area (Å²) in [6.07, 6.45) is 0.696. The Bertz CT molecular complexity index is 982. The van der Waals surface area contributed by atoms with Crippen molar-refractivity contribution < 1.29 is 18.7 Å². The third-order valence-corrected chi connectivity index (χ3v) is 4.64. The maximum atomic E-state index is 12.2. The van der Waals surface area contributed by atoms with E-state index in [1.54, 1.807) is 18.2 Å². The van der Waals surface area contributed by atoms with E-state index in [2.05, 4.69) is 33.1 Å². The van der Waals surface area contributed by atoms with E-state index in [1.165, 1.54) is 6.21 Å². The summed E-state index contributed by atoms with van der Waals surface area (Å²) in [5.74, 6) is 2.06. The average Bonchev–Trinajstić information content (AvgIpc) is 3.17. The van der Waals surface area contributed by atoms with Crippen LogP contribution in [0.25, 0.3) is 11.3 Å². The van der Waals surface area contributed by atoms with Gasteiger partial charge in [0.15, 0.2) is 11.5 Å². The highest BCUT2D eigenvalue weighted by atomic mass is 127. The van der Waals surface area contributed by atoms with E-state index < -0.39 is 6.10 Å². The van der Waals surface area contributed by atoms with Gasteiger partial charge in [-0.05, 0) is 59.0 Å². The molecule has 0 saturated heterocycles. The predicted octanol–water partition coefficient (Wildman–Crippen LogP) is 3.84. The molecule has 1 aliphatic rings. The number of carbonyl (C=O) groups excluding carboxylic acids is 1. The smallest absolute Gasteiger partial charge is 0.284 e. The van der Waals surface area contributed by atoms with E-state index in [1.807, 2.05) is 42.5 Å². The molecule has 0 bridgehead atoms. The number of nitrogens with zero attached hydrogens (tertiary/aromatic N) is 1. The monoisotopic (exact) mass is 474 g/mol. The lowest BCUT2D eigenvalue weighted by Crippen LogP contribution is -2.42. The fourth-order valence-electron chi connectivity index (χ4n) is 2.57. The summed E-state index contributed by atoms with van der Waals surface area (Å²) in [5, 5.41) is 3.94. The second-order valence-electron chi connectivity index (χ2n) is 5.81. The zero-order valence-electron chi connectivity index (χ0n) is 14.1. The summed E-state index contributed by atoms with van der Waals surface area (Å²) in [4.78, 5) is 12.2. The molecule has 0 spiro atoms. The molecule has 4 rings (SSSR count). The van der Waals surface area contributed by atoms with Gasteiger partial charge in [0, 0.05) is 9.13 Å². The van der Waals surface area contributed by atoms with E-state index in [0.717, 1.165) is 14.9 Å². The van der Waals surface area contributed by atoms with Crippen LogP contribution in [0.3, 0.4) is 0 Å². The molecular weight excluding hydrogens is 459 g/mol. The minimum absolute atomic E-state index is 0.135. The van der Waals surface area contributed by atoms with E-state index in [0.29, 0.717) is 17.3 Å². The molecule has 6 nitrogen and oxygen atoms in total. The number of nitrogens with one attached hydrogen (secondary N) is 1. The molecule has 1 atom stereocenters. The lowest BCUT2D eigenvalue weighted by Gasteiger charge is -2.24. The summed E-state index contributed by atoms with van der Waals surface area (Å²) in [6, 6.07) is 18.9. The Hall–Kier alpha value is -2.81. The number of benzene rings is 2. The third kappa shape index (κ3) is 4.13. The van der Waals surface area contributed by atoms with Crippen LogP contribution in [-0.2, 0) is 4.79 Å². The average molecular weight is 474 g/mol. The Kier molecular flexibility index (Phi) is 5.10. The molecule has 7 heteroatoms. The van der Waals surface area contributed by atoms with Gasteiger partial charge in [-0.1, -0.05) is 24.3 Å². The number of para-hydroxylation sites is 2. The van der Waals surface area contributed by atoms with Crippen LogP contribution in [0.2, 0.25) is 0 Å². The van der Waals surface area contributed by atoms with Crippen LogP contribution in [0.5, 0.6) is 11.5 Å². The molecule has 136 valence electrons. The van der Waals surface area contributed by atoms with Gasteiger partial charge >= 0.3 is 0 Å². The highest BCUT2D eigenvalue weighted by Gasteiger charge is 2.26. The van der Waals surface area contributed by atoms with Crippen molar-refractivity contribution in [3.05, 3.63) is 70.0 Å². The number of hydrogen-bond donors (Lipinski definition) is 1. The van der Waals surface area contributed by atoms with Gasteiger partial charge in [0.2, 0.25) is 6.10 Å². The van der Waals surface area contributed by atoms with Crippen molar-refractivity contribution in [2.45, 2.75) is 6.10 Å². The Morgan fingerprint density at radius 3 is 2.67 bits per heavy atom. The molecule has 1 aromatic heterocycles. The maximum Gasteiger partial charge on any atom is 0.284 e. The summed E-state index contributed by atoms with van der Waals surface area (Å²) in [5.41, 5.74) is 3.43. The van der Waals surface area contributed by atoms with Crippen LogP contribution in [0.4, 0.5) is 0 Å². The molecule has 27 heavy (non-hydrogen) atoms. The Balaban J connectivity index is 1.36.